The first-order valence-electron chi connectivity index (χ1n) is 4.12. The second-order valence-corrected chi connectivity index (χ2v) is 2.83. The van der Waals surface area contributed by atoms with Crippen LogP contribution < -0.4 is 10.9 Å². The molecule has 0 fully saturated rings. The van der Waals surface area contributed by atoms with Crippen molar-refractivity contribution in [3.63, 3.8) is 0 Å². The Balaban J connectivity index is 2.97. The third-order valence-electron chi connectivity index (χ3n) is 2.02. The highest BCUT2D eigenvalue weighted by Gasteiger charge is 2.06. The lowest BCUT2D eigenvalue weighted by Crippen LogP contribution is -2.18. The van der Waals surface area contributed by atoms with Crippen molar-refractivity contribution in [2.45, 2.75) is 0 Å². The number of hydrogen-bond donors (Lipinski definition) is 2. The van der Waals surface area contributed by atoms with Gasteiger partial charge >= 0.3 is 0 Å². The van der Waals surface area contributed by atoms with E-state index in [-0.39, 0.29) is 5.65 Å². The first kappa shape index (κ1) is 8.55. The predicted molar refractivity (Wildman–Crippen MR) is 52.7 cm³/mol. The minimum absolute atomic E-state index is 0.254. The van der Waals surface area contributed by atoms with Crippen LogP contribution in [0.15, 0.2) is 29.2 Å². The molecule has 0 unspecified atom stereocenters. The smallest absolute Gasteiger partial charge is 0.286 e. The van der Waals surface area contributed by atoms with Gasteiger partial charge in [0.05, 0.1) is 5.69 Å². The van der Waals surface area contributed by atoms with E-state index in [2.05, 4.69) is 10.3 Å². The minimum Gasteiger partial charge on any atom is -0.423 e. The molecule has 0 amide bonds. The summed E-state index contributed by atoms with van der Waals surface area (Å²) < 4.78 is 0.538. The number of anilines is 1. The monoisotopic (exact) mass is 191 g/mol. The maximum absolute atomic E-state index is 11.2. The number of nitrogens with one attached hydrogen (secondary N) is 1. The highest BCUT2D eigenvalue weighted by molar-refractivity contribution is 5.88. The molecule has 0 radical (unpaired) electrons. The third-order valence-corrected chi connectivity index (χ3v) is 2.02. The molecule has 0 atom stereocenters. The molecule has 0 saturated carbocycles. The van der Waals surface area contributed by atoms with Crippen LogP contribution in [0.2, 0.25) is 0 Å². The van der Waals surface area contributed by atoms with E-state index in [1.165, 1.54) is 12.3 Å². The van der Waals surface area contributed by atoms with E-state index in [0.29, 0.717) is 15.8 Å². The van der Waals surface area contributed by atoms with Gasteiger partial charge in [-0.05, 0) is 12.1 Å². The Morgan fingerprint density at radius 2 is 2.36 bits per heavy atom. The molecule has 2 N–H and O–H groups in total. The lowest BCUT2D eigenvalue weighted by atomic mass is 10.2. The second kappa shape index (κ2) is 3.02. The van der Waals surface area contributed by atoms with Crippen LogP contribution in [-0.4, -0.2) is 22.0 Å². The van der Waals surface area contributed by atoms with Crippen molar-refractivity contribution in [2.75, 3.05) is 12.4 Å². The number of pyridine rings is 2. The van der Waals surface area contributed by atoms with E-state index in [4.69, 9.17) is 0 Å². The van der Waals surface area contributed by atoms with Crippen LogP contribution in [0.3, 0.4) is 0 Å². The van der Waals surface area contributed by atoms with Gasteiger partial charge in [0.2, 0.25) is 0 Å². The summed E-state index contributed by atoms with van der Waals surface area (Å²) in [4.78, 5) is 15.2. The molecule has 14 heavy (non-hydrogen) atoms. The number of fused-ring (bicyclic) bond motifs is 1. The molecule has 2 aromatic heterocycles. The Bertz CT molecular complexity index is 533. The van der Waals surface area contributed by atoms with Crippen molar-refractivity contribution in [3.05, 3.63) is 34.7 Å². The van der Waals surface area contributed by atoms with Crippen LogP contribution in [0.4, 0.5) is 5.69 Å². The van der Waals surface area contributed by atoms with Gasteiger partial charge in [-0.2, -0.15) is 0 Å². The molecule has 0 aliphatic carbocycles. The van der Waals surface area contributed by atoms with Crippen LogP contribution in [0, 0.1) is 0 Å². The molecular weight excluding hydrogens is 182 g/mol. The molecule has 0 aromatic carbocycles. The van der Waals surface area contributed by atoms with Gasteiger partial charge in [0.15, 0.2) is 5.65 Å². The molecule has 0 bridgehead atoms. The molecule has 2 rings (SSSR count). The SMILES string of the molecule is CNc1cc(=O)n(O)c2ncccc12. The molecular formula is C9H9N3O2. The van der Waals surface area contributed by atoms with Gasteiger partial charge in [-0.1, -0.05) is 0 Å². The van der Waals surface area contributed by atoms with Crippen molar-refractivity contribution >= 4 is 16.7 Å². The van der Waals surface area contributed by atoms with Gasteiger partial charge < -0.3 is 10.5 Å². The minimum atomic E-state index is -0.499. The number of rotatable bonds is 1. The van der Waals surface area contributed by atoms with Crippen LogP contribution >= 0.6 is 0 Å². The number of hydrogen-bond acceptors (Lipinski definition) is 4. The zero-order valence-corrected chi connectivity index (χ0v) is 7.56. The molecule has 72 valence electrons. The van der Waals surface area contributed by atoms with Gasteiger partial charge in [0, 0.05) is 24.7 Å². The predicted octanol–water partition coefficient (Wildman–Crippen LogP) is 0.675. The highest BCUT2D eigenvalue weighted by atomic mass is 16.5. The fourth-order valence-corrected chi connectivity index (χ4v) is 1.35. The summed E-state index contributed by atoms with van der Waals surface area (Å²) in [7, 11) is 1.71. The van der Waals surface area contributed by atoms with E-state index in [9.17, 15) is 10.0 Å². The van der Waals surface area contributed by atoms with Crippen molar-refractivity contribution in [1.82, 2.24) is 9.71 Å². The van der Waals surface area contributed by atoms with Crippen molar-refractivity contribution in [1.29, 1.82) is 0 Å². The summed E-state index contributed by atoms with van der Waals surface area (Å²) in [6, 6.07) is 4.85. The van der Waals surface area contributed by atoms with Gasteiger partial charge in [0.25, 0.3) is 5.56 Å². The third kappa shape index (κ3) is 1.10. The molecule has 5 heteroatoms. The summed E-state index contributed by atoms with van der Waals surface area (Å²) in [5.74, 6) is 0. The maximum Gasteiger partial charge on any atom is 0.286 e. The largest absolute Gasteiger partial charge is 0.423 e. The quantitative estimate of drug-likeness (QED) is 0.650. The number of aromatic nitrogens is 2. The Morgan fingerprint density at radius 1 is 1.57 bits per heavy atom. The summed E-state index contributed by atoms with van der Waals surface area (Å²) in [6.07, 6.45) is 1.52. The molecule has 2 aromatic rings. The Hall–Kier alpha value is -2.04. The molecule has 0 aliphatic rings. The zero-order chi connectivity index (χ0) is 10.1. The van der Waals surface area contributed by atoms with E-state index >= 15 is 0 Å². The highest BCUT2D eigenvalue weighted by Crippen LogP contribution is 2.17. The molecule has 2 heterocycles. The Kier molecular flexibility index (Phi) is 1.85. The van der Waals surface area contributed by atoms with Gasteiger partial charge in [0.1, 0.15) is 0 Å². The lowest BCUT2D eigenvalue weighted by molar-refractivity contribution is 0.187. The first-order chi connectivity index (χ1) is 6.74. The normalized spacial score (nSPS) is 10.4. The fraction of sp³-hybridized carbons (Fsp3) is 0.111. The maximum atomic E-state index is 11.2. The van der Waals surface area contributed by atoms with Gasteiger partial charge in [-0.15, -0.1) is 4.73 Å². The summed E-state index contributed by atoms with van der Waals surface area (Å²) in [6.45, 7) is 0. The van der Waals surface area contributed by atoms with E-state index < -0.39 is 5.56 Å². The summed E-state index contributed by atoms with van der Waals surface area (Å²) >= 11 is 0. The fourth-order valence-electron chi connectivity index (χ4n) is 1.35. The van der Waals surface area contributed by atoms with E-state index in [1.807, 2.05) is 0 Å². The van der Waals surface area contributed by atoms with E-state index in [1.54, 1.807) is 19.2 Å². The van der Waals surface area contributed by atoms with Crippen molar-refractivity contribution in [3.8, 4) is 0 Å². The van der Waals surface area contributed by atoms with Crippen LogP contribution in [0.1, 0.15) is 0 Å². The lowest BCUT2D eigenvalue weighted by Gasteiger charge is -2.06. The number of nitrogens with zero attached hydrogens (tertiary/aromatic N) is 2. The second-order valence-electron chi connectivity index (χ2n) is 2.83. The first-order valence-corrected chi connectivity index (χ1v) is 4.12. The molecule has 5 nitrogen and oxygen atoms in total. The molecule has 0 aliphatic heterocycles. The average molecular weight is 191 g/mol. The Morgan fingerprint density at radius 3 is 3.07 bits per heavy atom. The topological polar surface area (TPSA) is 67.2 Å². The summed E-state index contributed by atoms with van der Waals surface area (Å²) in [5, 5.41) is 13.0. The summed E-state index contributed by atoms with van der Waals surface area (Å²) in [5.41, 5.74) is 0.410. The van der Waals surface area contributed by atoms with Gasteiger partial charge in [-0.3, -0.25) is 4.79 Å². The standard InChI is InChI=1S/C9H9N3O2/c1-10-7-5-8(13)12(14)9-6(7)3-2-4-11-9/h2-5,10,14H,1H3. The molecule has 0 spiro atoms. The van der Waals surface area contributed by atoms with Crippen molar-refractivity contribution < 1.29 is 5.21 Å². The Labute approximate surface area is 79.6 Å². The average Bonchev–Trinajstić information content (AvgIpc) is 2.23. The van der Waals surface area contributed by atoms with Crippen LogP contribution in [0.25, 0.3) is 11.0 Å². The zero-order valence-electron chi connectivity index (χ0n) is 7.56. The van der Waals surface area contributed by atoms with Crippen LogP contribution in [-0.2, 0) is 0 Å². The van der Waals surface area contributed by atoms with E-state index in [0.717, 1.165) is 0 Å². The molecule has 0 saturated heterocycles. The van der Waals surface area contributed by atoms with Gasteiger partial charge in [-0.25, -0.2) is 4.98 Å². The van der Waals surface area contributed by atoms with Crippen LogP contribution in [0.5, 0.6) is 0 Å². The van der Waals surface area contributed by atoms with Crippen molar-refractivity contribution in [2.24, 2.45) is 0 Å².